The molecule has 0 fully saturated rings. The zero-order valence-electron chi connectivity index (χ0n) is 24.5. The summed E-state index contributed by atoms with van der Waals surface area (Å²) in [5.41, 5.74) is 9.33. The molecule has 0 aliphatic rings. The molecule has 2 aromatic heterocycles. The van der Waals surface area contributed by atoms with Crippen LogP contribution < -0.4 is 4.90 Å². The van der Waals surface area contributed by atoms with Crippen molar-refractivity contribution < 1.29 is 0 Å². The van der Waals surface area contributed by atoms with Crippen LogP contribution in [0.4, 0.5) is 17.1 Å². The van der Waals surface area contributed by atoms with Crippen molar-refractivity contribution in [2.75, 3.05) is 4.90 Å². The molecule has 0 aliphatic heterocycles. The Balaban J connectivity index is 1.28. The summed E-state index contributed by atoms with van der Waals surface area (Å²) < 4.78 is 5.07. The van der Waals surface area contributed by atoms with E-state index < -0.39 is 0 Å². The summed E-state index contributed by atoms with van der Waals surface area (Å²) in [6, 6.07) is 61.4. The quantitative estimate of drug-likeness (QED) is 0.193. The van der Waals surface area contributed by atoms with Gasteiger partial charge in [0.15, 0.2) is 0 Å². The van der Waals surface area contributed by atoms with Crippen LogP contribution in [0.15, 0.2) is 170 Å². The molecule has 0 atom stereocenters. The van der Waals surface area contributed by atoms with Gasteiger partial charge in [0.1, 0.15) is 0 Å². The first-order chi connectivity index (χ1) is 22.3. The molecular weight excluding hydrogens is 565 g/mol. The highest BCUT2D eigenvalue weighted by atomic mass is 32.1. The fourth-order valence-corrected chi connectivity index (χ4v) is 7.80. The van der Waals surface area contributed by atoms with Gasteiger partial charge in [-0.3, -0.25) is 0 Å². The van der Waals surface area contributed by atoms with Crippen molar-refractivity contribution in [2.24, 2.45) is 0 Å². The number of aromatic nitrogens is 1. The van der Waals surface area contributed by atoms with Crippen LogP contribution in [0.5, 0.6) is 0 Å². The minimum atomic E-state index is 1.12. The highest BCUT2D eigenvalue weighted by Gasteiger charge is 2.18. The number of fused-ring (bicyclic) bond motifs is 6. The number of hydrogen-bond donors (Lipinski definition) is 0. The van der Waals surface area contributed by atoms with Gasteiger partial charge < -0.3 is 9.47 Å². The summed E-state index contributed by atoms with van der Waals surface area (Å²) in [7, 11) is 0. The predicted molar refractivity (Wildman–Crippen MR) is 194 cm³/mol. The third-order valence-electron chi connectivity index (χ3n) is 8.76. The largest absolute Gasteiger partial charge is 0.310 e. The summed E-state index contributed by atoms with van der Waals surface area (Å²) in [5, 5.41) is 5.12. The minimum Gasteiger partial charge on any atom is -0.310 e. The molecule has 0 N–H and O–H groups in total. The Morgan fingerprint density at radius 1 is 0.378 bits per heavy atom. The Morgan fingerprint density at radius 3 is 1.89 bits per heavy atom. The third-order valence-corrected chi connectivity index (χ3v) is 9.91. The molecule has 0 radical (unpaired) electrons. The van der Waals surface area contributed by atoms with E-state index in [1.165, 1.54) is 58.8 Å². The molecule has 9 aromatic rings. The van der Waals surface area contributed by atoms with Crippen molar-refractivity contribution >= 4 is 70.4 Å². The lowest BCUT2D eigenvalue weighted by Gasteiger charge is -2.26. The molecule has 0 saturated heterocycles. The number of benzene rings is 7. The third kappa shape index (κ3) is 4.32. The summed E-state index contributed by atoms with van der Waals surface area (Å²) in [6.45, 7) is 0. The first-order valence-corrected chi connectivity index (χ1v) is 16.1. The van der Waals surface area contributed by atoms with E-state index in [1.807, 2.05) is 11.3 Å². The molecule has 212 valence electrons. The van der Waals surface area contributed by atoms with Crippen LogP contribution >= 0.6 is 11.3 Å². The molecule has 45 heavy (non-hydrogen) atoms. The number of hydrogen-bond acceptors (Lipinski definition) is 2. The van der Waals surface area contributed by atoms with Gasteiger partial charge in [-0.25, -0.2) is 0 Å². The van der Waals surface area contributed by atoms with Crippen LogP contribution in [-0.4, -0.2) is 4.57 Å². The molecule has 0 saturated carbocycles. The van der Waals surface area contributed by atoms with Crippen molar-refractivity contribution in [3.05, 3.63) is 170 Å². The highest BCUT2D eigenvalue weighted by molar-refractivity contribution is 7.25. The van der Waals surface area contributed by atoms with E-state index in [9.17, 15) is 0 Å². The van der Waals surface area contributed by atoms with Gasteiger partial charge in [-0.05, 0) is 77.9 Å². The van der Waals surface area contributed by atoms with Gasteiger partial charge >= 0.3 is 0 Å². The zero-order chi connectivity index (χ0) is 29.7. The van der Waals surface area contributed by atoms with Gasteiger partial charge in [-0.2, -0.15) is 0 Å². The van der Waals surface area contributed by atoms with Crippen LogP contribution in [0.25, 0.3) is 58.8 Å². The van der Waals surface area contributed by atoms with E-state index in [4.69, 9.17) is 0 Å². The molecule has 2 nitrogen and oxygen atoms in total. The number of nitrogens with zero attached hydrogens (tertiary/aromatic N) is 2. The second-order valence-electron chi connectivity index (χ2n) is 11.4. The van der Waals surface area contributed by atoms with Gasteiger partial charge in [-0.15, -0.1) is 11.3 Å². The van der Waals surface area contributed by atoms with Crippen molar-refractivity contribution in [1.29, 1.82) is 0 Å². The van der Waals surface area contributed by atoms with Gasteiger partial charge in [0.2, 0.25) is 0 Å². The molecule has 3 heteroatoms. The normalized spacial score (nSPS) is 11.6. The number of thiophene rings is 1. The fourth-order valence-electron chi connectivity index (χ4n) is 6.71. The average Bonchev–Trinajstić information content (AvgIpc) is 3.64. The first-order valence-electron chi connectivity index (χ1n) is 15.3. The Bertz CT molecular complexity index is 2490. The van der Waals surface area contributed by atoms with Gasteiger partial charge in [0.05, 0.1) is 11.0 Å². The SMILES string of the molecule is c1ccc(-c2cccc(N(c3ccccc3)c3ccc4c5ccccc5n(-c5ccc6sc7ccccc7c6c5)c4c3)c2)cc1. The maximum atomic E-state index is 2.43. The molecule has 0 aliphatic carbocycles. The fraction of sp³-hybridized carbons (Fsp3) is 0. The molecule has 9 rings (SSSR count). The van der Waals surface area contributed by atoms with E-state index >= 15 is 0 Å². The monoisotopic (exact) mass is 592 g/mol. The van der Waals surface area contributed by atoms with Crippen LogP contribution in [-0.2, 0) is 0 Å². The Hall–Kier alpha value is -5.64. The highest BCUT2D eigenvalue weighted by Crippen LogP contribution is 2.41. The van der Waals surface area contributed by atoms with Crippen LogP contribution in [0.1, 0.15) is 0 Å². The van der Waals surface area contributed by atoms with Crippen molar-refractivity contribution in [2.45, 2.75) is 0 Å². The molecule has 0 amide bonds. The second kappa shape index (κ2) is 10.5. The standard InChI is InChI=1S/C42H28N2S/c1-3-12-29(13-4-1)30-14-11-17-32(26-30)43(31-15-5-2-6-16-31)34-22-24-36-35-18-7-9-20-39(35)44(40(36)28-34)33-23-25-42-38(27-33)37-19-8-10-21-41(37)45-42/h1-28H. The lowest BCUT2D eigenvalue weighted by molar-refractivity contribution is 1.18. The molecule has 0 spiro atoms. The number of rotatable bonds is 5. The van der Waals surface area contributed by atoms with Crippen LogP contribution in [0, 0.1) is 0 Å². The molecule has 0 bridgehead atoms. The van der Waals surface area contributed by atoms with E-state index in [-0.39, 0.29) is 0 Å². The summed E-state index contributed by atoms with van der Waals surface area (Å²) in [4.78, 5) is 2.36. The lowest BCUT2D eigenvalue weighted by Crippen LogP contribution is -2.10. The smallest absolute Gasteiger partial charge is 0.0561 e. The van der Waals surface area contributed by atoms with Crippen molar-refractivity contribution in [3.8, 4) is 16.8 Å². The number of para-hydroxylation sites is 2. The average molecular weight is 593 g/mol. The van der Waals surface area contributed by atoms with Crippen LogP contribution in [0.3, 0.4) is 0 Å². The first kappa shape index (κ1) is 25.8. The molecule has 2 heterocycles. The maximum Gasteiger partial charge on any atom is 0.0561 e. The Kier molecular flexibility index (Phi) is 6.03. The molecular formula is C42H28N2S. The number of anilines is 3. The Morgan fingerprint density at radius 2 is 1.02 bits per heavy atom. The zero-order valence-corrected chi connectivity index (χ0v) is 25.3. The topological polar surface area (TPSA) is 8.17 Å². The second-order valence-corrected chi connectivity index (χ2v) is 12.5. The summed E-state index contributed by atoms with van der Waals surface area (Å²) >= 11 is 1.86. The minimum absolute atomic E-state index is 1.12. The van der Waals surface area contributed by atoms with Crippen LogP contribution in [0.2, 0.25) is 0 Å². The predicted octanol–water partition coefficient (Wildman–Crippen LogP) is 12.3. The van der Waals surface area contributed by atoms with E-state index in [2.05, 4.69) is 179 Å². The van der Waals surface area contributed by atoms with Gasteiger partial charge in [0, 0.05) is 53.7 Å². The Labute approximate surface area is 265 Å². The van der Waals surface area contributed by atoms with E-state index in [0.717, 1.165) is 17.1 Å². The van der Waals surface area contributed by atoms with Crippen molar-refractivity contribution in [1.82, 2.24) is 4.57 Å². The van der Waals surface area contributed by atoms with E-state index in [0.29, 0.717) is 0 Å². The molecule has 0 unspecified atom stereocenters. The van der Waals surface area contributed by atoms with Crippen molar-refractivity contribution in [3.63, 3.8) is 0 Å². The molecule has 7 aromatic carbocycles. The summed E-state index contributed by atoms with van der Waals surface area (Å²) in [5.74, 6) is 0. The maximum absolute atomic E-state index is 2.43. The van der Waals surface area contributed by atoms with Gasteiger partial charge in [0.25, 0.3) is 0 Å². The summed E-state index contributed by atoms with van der Waals surface area (Å²) in [6.07, 6.45) is 0. The lowest BCUT2D eigenvalue weighted by atomic mass is 10.0. The van der Waals surface area contributed by atoms with Gasteiger partial charge in [-0.1, -0.05) is 103 Å². The van der Waals surface area contributed by atoms with E-state index in [1.54, 1.807) is 0 Å².